The van der Waals surface area contributed by atoms with E-state index in [2.05, 4.69) is 12.2 Å². The van der Waals surface area contributed by atoms with Gasteiger partial charge in [0.2, 0.25) is 5.91 Å². The van der Waals surface area contributed by atoms with Crippen molar-refractivity contribution in [2.75, 3.05) is 13.2 Å². The maximum absolute atomic E-state index is 12.5. The molecule has 3 aliphatic rings. The molecule has 1 amide bonds. The van der Waals surface area contributed by atoms with Crippen LogP contribution < -0.4 is 11.1 Å². The fraction of sp³-hybridized carbons (Fsp3) is 0.941. The molecule has 0 bridgehead atoms. The number of carbonyl (C=O) groups excluding carboxylic acids is 1. The Hall–Kier alpha value is -0.650. The first-order valence-electron chi connectivity index (χ1n) is 8.97. The highest BCUT2D eigenvalue weighted by molar-refractivity contribution is 5.81. The van der Waals surface area contributed by atoms with E-state index in [0.29, 0.717) is 12.6 Å². The second kappa shape index (κ2) is 6.85. The van der Waals surface area contributed by atoms with Crippen LogP contribution in [0.25, 0.3) is 0 Å². The van der Waals surface area contributed by atoms with Crippen LogP contribution >= 0.6 is 0 Å². The van der Waals surface area contributed by atoms with E-state index in [0.717, 1.165) is 25.9 Å². The molecule has 1 aliphatic heterocycles. The van der Waals surface area contributed by atoms with Crippen molar-refractivity contribution >= 4 is 5.91 Å². The van der Waals surface area contributed by atoms with Crippen LogP contribution in [0.15, 0.2) is 0 Å². The molecule has 1 spiro atoms. The molecule has 0 radical (unpaired) electrons. The number of amides is 1. The van der Waals surface area contributed by atoms with E-state index >= 15 is 0 Å². The highest BCUT2D eigenvalue weighted by Gasteiger charge is 2.56. The Kier molecular flexibility index (Phi) is 5.05. The zero-order valence-electron chi connectivity index (χ0n) is 13.7. The summed E-state index contributed by atoms with van der Waals surface area (Å²) >= 11 is 0. The lowest BCUT2D eigenvalue weighted by Gasteiger charge is -2.57. The van der Waals surface area contributed by atoms with Gasteiger partial charge in [-0.05, 0) is 39.0 Å². The molecule has 2 aliphatic carbocycles. The third-order valence-electron chi connectivity index (χ3n) is 5.92. The van der Waals surface area contributed by atoms with Gasteiger partial charge in [0, 0.05) is 24.6 Å². The van der Waals surface area contributed by atoms with Gasteiger partial charge in [-0.25, -0.2) is 0 Å². The molecule has 1 heterocycles. The van der Waals surface area contributed by atoms with Crippen molar-refractivity contribution in [2.24, 2.45) is 11.1 Å². The van der Waals surface area contributed by atoms with Crippen molar-refractivity contribution in [2.45, 2.75) is 82.6 Å². The summed E-state index contributed by atoms with van der Waals surface area (Å²) in [5.41, 5.74) is 5.80. The van der Waals surface area contributed by atoms with Gasteiger partial charge in [0.1, 0.15) is 6.10 Å². The molecular weight excluding hydrogens is 280 g/mol. The highest BCUT2D eigenvalue weighted by Crippen LogP contribution is 2.53. The molecule has 0 aromatic carbocycles. The van der Waals surface area contributed by atoms with Crippen LogP contribution in [0, 0.1) is 5.41 Å². The molecule has 0 aromatic rings. The minimum atomic E-state index is -0.305. The maximum Gasteiger partial charge on any atom is 0.249 e. The van der Waals surface area contributed by atoms with Crippen LogP contribution in [-0.2, 0) is 14.3 Å². The van der Waals surface area contributed by atoms with Crippen molar-refractivity contribution in [3.63, 3.8) is 0 Å². The summed E-state index contributed by atoms with van der Waals surface area (Å²) in [6, 6.07) is 0.261. The van der Waals surface area contributed by atoms with Crippen LogP contribution in [-0.4, -0.2) is 43.4 Å². The predicted molar refractivity (Wildman–Crippen MR) is 84.4 cm³/mol. The number of hydrogen-bond acceptors (Lipinski definition) is 4. The topological polar surface area (TPSA) is 73.6 Å². The molecule has 22 heavy (non-hydrogen) atoms. The van der Waals surface area contributed by atoms with Crippen molar-refractivity contribution in [3.8, 4) is 0 Å². The summed E-state index contributed by atoms with van der Waals surface area (Å²) in [5, 5.41) is 3.27. The Balaban J connectivity index is 1.58. The van der Waals surface area contributed by atoms with E-state index in [-0.39, 0.29) is 29.6 Å². The number of rotatable bonds is 5. The molecule has 5 heteroatoms. The fourth-order valence-electron chi connectivity index (χ4n) is 4.60. The molecule has 1 saturated heterocycles. The summed E-state index contributed by atoms with van der Waals surface area (Å²) in [7, 11) is 0. The van der Waals surface area contributed by atoms with Gasteiger partial charge in [-0.15, -0.1) is 0 Å². The summed E-state index contributed by atoms with van der Waals surface area (Å²) < 4.78 is 11.7. The van der Waals surface area contributed by atoms with E-state index in [4.69, 9.17) is 15.2 Å². The van der Waals surface area contributed by atoms with E-state index in [1.165, 1.54) is 32.1 Å². The second-order valence-electron chi connectivity index (χ2n) is 7.09. The zero-order valence-corrected chi connectivity index (χ0v) is 13.7. The fourth-order valence-corrected chi connectivity index (χ4v) is 4.60. The summed E-state index contributed by atoms with van der Waals surface area (Å²) in [6.07, 6.45) is 8.89. The number of hydrogen-bond donors (Lipinski definition) is 2. The summed E-state index contributed by atoms with van der Waals surface area (Å²) in [5.74, 6) is 0.0563. The van der Waals surface area contributed by atoms with Gasteiger partial charge in [0.15, 0.2) is 0 Å². The number of nitrogens with one attached hydrogen (secondary N) is 1. The Morgan fingerprint density at radius 2 is 2.09 bits per heavy atom. The lowest BCUT2D eigenvalue weighted by Crippen LogP contribution is -2.66. The molecule has 2 saturated carbocycles. The average Bonchev–Trinajstić information content (AvgIpc) is 3.04. The van der Waals surface area contributed by atoms with Gasteiger partial charge in [0.05, 0.1) is 12.2 Å². The van der Waals surface area contributed by atoms with Gasteiger partial charge in [-0.3, -0.25) is 4.79 Å². The monoisotopic (exact) mass is 310 g/mol. The zero-order chi connectivity index (χ0) is 15.6. The summed E-state index contributed by atoms with van der Waals surface area (Å²) in [6.45, 7) is 3.32. The van der Waals surface area contributed by atoms with Crippen molar-refractivity contribution in [1.29, 1.82) is 0 Å². The van der Waals surface area contributed by atoms with E-state index in [1.54, 1.807) is 0 Å². The first-order chi connectivity index (χ1) is 10.7. The molecule has 2 unspecified atom stereocenters. The van der Waals surface area contributed by atoms with E-state index in [9.17, 15) is 4.79 Å². The van der Waals surface area contributed by atoms with Crippen LogP contribution in [0.3, 0.4) is 0 Å². The van der Waals surface area contributed by atoms with E-state index < -0.39 is 0 Å². The Bertz CT molecular complexity index is 395. The molecule has 5 nitrogen and oxygen atoms in total. The van der Waals surface area contributed by atoms with Gasteiger partial charge in [0.25, 0.3) is 0 Å². The first-order valence-corrected chi connectivity index (χ1v) is 8.97. The lowest BCUT2D eigenvalue weighted by atomic mass is 9.55. The molecule has 3 rings (SSSR count). The predicted octanol–water partition coefficient (Wildman–Crippen LogP) is 1.74. The van der Waals surface area contributed by atoms with Crippen LogP contribution in [0.4, 0.5) is 0 Å². The van der Waals surface area contributed by atoms with E-state index in [1.807, 2.05) is 0 Å². The van der Waals surface area contributed by atoms with Crippen LogP contribution in [0.2, 0.25) is 0 Å². The Morgan fingerprint density at radius 1 is 1.32 bits per heavy atom. The quantitative estimate of drug-likeness (QED) is 0.811. The van der Waals surface area contributed by atoms with Crippen molar-refractivity contribution in [3.05, 3.63) is 0 Å². The number of ether oxygens (including phenoxy) is 2. The third kappa shape index (κ3) is 2.91. The standard InChI is InChI=1S/C17H30N2O3/c1-2-21-15-10-14(17(15)8-4-3-5-9-17)19-16(20)13-7-6-12(11-18)22-13/h12-15H,2-11,18H2,1H3,(H,19,20)/t12-,13+,14?,15?/m1/s1. The lowest BCUT2D eigenvalue weighted by molar-refractivity contribution is -0.161. The normalized spacial score (nSPS) is 37.0. The average molecular weight is 310 g/mol. The van der Waals surface area contributed by atoms with Crippen molar-refractivity contribution < 1.29 is 14.3 Å². The minimum absolute atomic E-state index is 0.0527. The number of nitrogens with two attached hydrogens (primary N) is 1. The molecule has 126 valence electrons. The first kappa shape index (κ1) is 16.2. The molecule has 4 atom stereocenters. The SMILES string of the molecule is CCOC1CC(NC(=O)[C@@H]2CC[C@H](CN)O2)C12CCCCC2. The Morgan fingerprint density at radius 3 is 2.73 bits per heavy atom. The minimum Gasteiger partial charge on any atom is -0.378 e. The van der Waals surface area contributed by atoms with Gasteiger partial charge >= 0.3 is 0 Å². The summed E-state index contributed by atoms with van der Waals surface area (Å²) in [4.78, 5) is 12.5. The van der Waals surface area contributed by atoms with Crippen molar-refractivity contribution in [1.82, 2.24) is 5.32 Å². The van der Waals surface area contributed by atoms with Crippen LogP contribution in [0.5, 0.6) is 0 Å². The molecule has 0 aromatic heterocycles. The van der Waals surface area contributed by atoms with Gasteiger partial charge in [-0.1, -0.05) is 19.3 Å². The largest absolute Gasteiger partial charge is 0.378 e. The van der Waals surface area contributed by atoms with Gasteiger partial charge in [-0.2, -0.15) is 0 Å². The van der Waals surface area contributed by atoms with Gasteiger partial charge < -0.3 is 20.5 Å². The third-order valence-corrected chi connectivity index (χ3v) is 5.92. The smallest absolute Gasteiger partial charge is 0.249 e. The molecule has 3 fully saturated rings. The van der Waals surface area contributed by atoms with Crippen LogP contribution in [0.1, 0.15) is 58.3 Å². The maximum atomic E-state index is 12.5. The Labute approximate surface area is 133 Å². The second-order valence-corrected chi connectivity index (χ2v) is 7.09. The molecule has 3 N–H and O–H groups in total. The number of carbonyl (C=O) groups is 1. The molecular formula is C17H30N2O3. The highest BCUT2D eigenvalue weighted by atomic mass is 16.5.